The molecule has 6 nitrogen and oxygen atoms in total. The van der Waals surface area contributed by atoms with Crippen LogP contribution in [-0.2, 0) is 9.59 Å². The van der Waals surface area contributed by atoms with Crippen LogP contribution in [0.1, 0.15) is 31.7 Å². The van der Waals surface area contributed by atoms with Gasteiger partial charge < -0.3 is 10.1 Å². The molecule has 2 rings (SSSR count). The van der Waals surface area contributed by atoms with Gasteiger partial charge in [0.05, 0.1) is 12.8 Å². The summed E-state index contributed by atoms with van der Waals surface area (Å²) in [6.07, 6.45) is 2.50. The number of para-hydroxylation sites is 1. The highest BCUT2D eigenvalue weighted by molar-refractivity contribution is 6.30. The molecule has 2 amide bonds. The van der Waals surface area contributed by atoms with Crippen molar-refractivity contribution >= 4 is 35.3 Å². The maximum atomic E-state index is 11.9. The molecule has 0 aliphatic heterocycles. The van der Waals surface area contributed by atoms with E-state index in [4.69, 9.17) is 16.3 Å². The van der Waals surface area contributed by atoms with Gasteiger partial charge in [0.1, 0.15) is 5.75 Å². The lowest BCUT2D eigenvalue weighted by atomic mass is 10.2. The van der Waals surface area contributed by atoms with Gasteiger partial charge in [-0.1, -0.05) is 36.7 Å². The van der Waals surface area contributed by atoms with Crippen LogP contribution in [0.2, 0.25) is 5.02 Å². The van der Waals surface area contributed by atoms with Crippen molar-refractivity contribution in [2.45, 2.75) is 26.2 Å². The van der Waals surface area contributed by atoms with E-state index in [2.05, 4.69) is 15.8 Å². The van der Waals surface area contributed by atoms with Gasteiger partial charge in [0.2, 0.25) is 11.8 Å². The smallest absolute Gasteiger partial charge is 0.240 e. The monoisotopic (exact) mass is 387 g/mol. The van der Waals surface area contributed by atoms with Crippen LogP contribution in [0.5, 0.6) is 5.75 Å². The first kappa shape index (κ1) is 20.5. The predicted octanol–water partition coefficient (Wildman–Crippen LogP) is 4.00. The van der Waals surface area contributed by atoms with E-state index in [9.17, 15) is 9.59 Å². The average molecular weight is 388 g/mol. The van der Waals surface area contributed by atoms with Gasteiger partial charge in [0.15, 0.2) is 0 Å². The summed E-state index contributed by atoms with van der Waals surface area (Å²) in [7, 11) is 0. The number of hydrazone groups is 1. The second-order valence-electron chi connectivity index (χ2n) is 5.74. The van der Waals surface area contributed by atoms with Gasteiger partial charge in [-0.05, 0) is 36.8 Å². The van der Waals surface area contributed by atoms with Crippen LogP contribution in [0.3, 0.4) is 0 Å². The number of rotatable bonds is 9. The first-order chi connectivity index (χ1) is 13.1. The molecule has 142 valence electrons. The Balaban J connectivity index is 1.77. The third-order valence-electron chi connectivity index (χ3n) is 3.46. The number of carbonyl (C=O) groups excluding carboxylic acids is 2. The number of amides is 2. The van der Waals surface area contributed by atoms with Crippen molar-refractivity contribution in [2.75, 3.05) is 11.9 Å². The van der Waals surface area contributed by atoms with Gasteiger partial charge in [0.25, 0.3) is 0 Å². The van der Waals surface area contributed by atoms with Crippen molar-refractivity contribution in [2.24, 2.45) is 5.10 Å². The minimum absolute atomic E-state index is 0.0255. The molecule has 27 heavy (non-hydrogen) atoms. The van der Waals surface area contributed by atoms with Crippen LogP contribution in [0.25, 0.3) is 0 Å². The fourth-order valence-corrected chi connectivity index (χ4v) is 2.37. The van der Waals surface area contributed by atoms with Gasteiger partial charge in [-0.2, -0.15) is 5.10 Å². The highest BCUT2D eigenvalue weighted by Crippen LogP contribution is 2.16. The quantitative estimate of drug-likeness (QED) is 0.504. The van der Waals surface area contributed by atoms with Crippen LogP contribution >= 0.6 is 11.6 Å². The third kappa shape index (κ3) is 7.50. The van der Waals surface area contributed by atoms with Crippen LogP contribution in [0.15, 0.2) is 53.6 Å². The number of nitrogens with one attached hydrogen (secondary N) is 2. The average Bonchev–Trinajstić information content (AvgIpc) is 2.65. The molecule has 0 heterocycles. The minimum Gasteiger partial charge on any atom is -0.493 e. The number of anilines is 1. The molecule has 2 aromatic carbocycles. The normalized spacial score (nSPS) is 10.6. The summed E-state index contributed by atoms with van der Waals surface area (Å²) in [6.45, 7) is 2.64. The molecule has 0 aliphatic rings. The Morgan fingerprint density at radius 1 is 1.11 bits per heavy atom. The van der Waals surface area contributed by atoms with E-state index >= 15 is 0 Å². The lowest BCUT2D eigenvalue weighted by Gasteiger charge is -2.07. The van der Waals surface area contributed by atoms with E-state index in [0.717, 1.165) is 12.0 Å². The van der Waals surface area contributed by atoms with E-state index < -0.39 is 0 Å². The maximum Gasteiger partial charge on any atom is 0.240 e. The first-order valence-corrected chi connectivity index (χ1v) is 9.05. The Morgan fingerprint density at radius 3 is 2.67 bits per heavy atom. The van der Waals surface area contributed by atoms with Gasteiger partial charge in [-0.25, -0.2) is 5.43 Å². The molecule has 2 N–H and O–H groups in total. The molecule has 2 aromatic rings. The molecule has 0 aromatic heterocycles. The summed E-state index contributed by atoms with van der Waals surface area (Å²) < 4.78 is 5.62. The number of benzene rings is 2. The molecule has 0 saturated carbocycles. The summed E-state index contributed by atoms with van der Waals surface area (Å²) in [5, 5.41) is 7.15. The minimum atomic E-state index is -0.348. The zero-order valence-electron chi connectivity index (χ0n) is 15.1. The van der Waals surface area contributed by atoms with E-state index in [0.29, 0.717) is 23.1 Å². The molecule has 7 heteroatoms. The Bertz CT molecular complexity index is 809. The second kappa shape index (κ2) is 11.0. The van der Waals surface area contributed by atoms with Gasteiger partial charge >= 0.3 is 0 Å². The summed E-state index contributed by atoms with van der Waals surface area (Å²) >= 11 is 5.86. The third-order valence-corrected chi connectivity index (χ3v) is 3.70. The molecule has 0 bridgehead atoms. The maximum absolute atomic E-state index is 11.9. The Labute approximate surface area is 163 Å². The molecular formula is C20H22ClN3O3. The van der Waals surface area contributed by atoms with Gasteiger partial charge in [-0.15, -0.1) is 0 Å². The van der Waals surface area contributed by atoms with Crippen molar-refractivity contribution in [3.8, 4) is 5.75 Å². The zero-order chi connectivity index (χ0) is 19.5. The molecule has 0 unspecified atom stereocenters. The molecule has 0 saturated heterocycles. The zero-order valence-corrected chi connectivity index (χ0v) is 15.8. The van der Waals surface area contributed by atoms with Crippen LogP contribution in [-0.4, -0.2) is 24.6 Å². The van der Waals surface area contributed by atoms with Crippen LogP contribution in [0, 0.1) is 0 Å². The number of hydrogen-bond donors (Lipinski definition) is 2. The summed E-state index contributed by atoms with van der Waals surface area (Å²) in [4.78, 5) is 23.7. The van der Waals surface area contributed by atoms with E-state index in [1.54, 1.807) is 24.3 Å². The molecule has 0 radical (unpaired) electrons. The summed E-state index contributed by atoms with van der Waals surface area (Å²) in [5.41, 5.74) is 3.78. The number of carbonyl (C=O) groups is 2. The van der Waals surface area contributed by atoms with Crippen molar-refractivity contribution in [1.29, 1.82) is 0 Å². The lowest BCUT2D eigenvalue weighted by molar-refractivity contribution is -0.124. The van der Waals surface area contributed by atoms with Crippen LogP contribution < -0.4 is 15.5 Å². The lowest BCUT2D eigenvalue weighted by Crippen LogP contribution is -2.20. The molecule has 0 fully saturated rings. The van der Waals surface area contributed by atoms with E-state index in [-0.39, 0.29) is 24.7 Å². The highest BCUT2D eigenvalue weighted by atomic mass is 35.5. The molecule has 0 atom stereocenters. The number of halogens is 1. The summed E-state index contributed by atoms with van der Waals surface area (Å²) in [5.74, 6) is 0.0902. The number of hydrogen-bond acceptors (Lipinski definition) is 4. The van der Waals surface area contributed by atoms with Crippen molar-refractivity contribution < 1.29 is 14.3 Å². The van der Waals surface area contributed by atoms with Gasteiger partial charge in [-0.3, -0.25) is 9.59 Å². The molecule has 0 spiro atoms. The SMILES string of the molecule is CCCOc1ccccc1C=NNC(=O)CCC(=O)Nc1cccc(Cl)c1. The number of ether oxygens (including phenoxy) is 1. The second-order valence-corrected chi connectivity index (χ2v) is 6.17. The molecular weight excluding hydrogens is 366 g/mol. The van der Waals surface area contributed by atoms with Crippen molar-refractivity contribution in [3.05, 3.63) is 59.1 Å². The van der Waals surface area contributed by atoms with Crippen LogP contribution in [0.4, 0.5) is 5.69 Å². The summed E-state index contributed by atoms with van der Waals surface area (Å²) in [6, 6.07) is 14.3. The fraction of sp³-hybridized carbons (Fsp3) is 0.250. The first-order valence-electron chi connectivity index (χ1n) is 8.67. The Hall–Kier alpha value is -2.86. The largest absolute Gasteiger partial charge is 0.493 e. The van der Waals surface area contributed by atoms with E-state index in [1.807, 2.05) is 31.2 Å². The standard InChI is InChI=1S/C20H22ClN3O3/c1-2-12-27-18-9-4-3-6-15(18)14-22-24-20(26)11-10-19(25)23-17-8-5-7-16(21)13-17/h3-9,13-14H,2,10-12H2,1H3,(H,23,25)(H,24,26). The Kier molecular flexibility index (Phi) is 8.32. The Morgan fingerprint density at radius 2 is 1.89 bits per heavy atom. The topological polar surface area (TPSA) is 79.8 Å². The van der Waals surface area contributed by atoms with Crippen molar-refractivity contribution in [3.63, 3.8) is 0 Å². The van der Waals surface area contributed by atoms with E-state index in [1.165, 1.54) is 6.21 Å². The number of nitrogens with zero attached hydrogens (tertiary/aromatic N) is 1. The molecule has 0 aliphatic carbocycles. The highest BCUT2D eigenvalue weighted by Gasteiger charge is 2.07. The fourth-order valence-electron chi connectivity index (χ4n) is 2.18. The van der Waals surface area contributed by atoms with Crippen molar-refractivity contribution in [1.82, 2.24) is 5.43 Å². The predicted molar refractivity (Wildman–Crippen MR) is 107 cm³/mol. The van der Waals surface area contributed by atoms with Gasteiger partial charge in [0, 0.05) is 29.1 Å².